The largest absolute Gasteiger partial charge is 0.332 e. The lowest BCUT2D eigenvalue weighted by molar-refractivity contribution is 0.102. The van der Waals surface area contributed by atoms with Gasteiger partial charge in [-0.1, -0.05) is 54.6 Å². The molecule has 4 nitrogen and oxygen atoms in total. The smallest absolute Gasteiger partial charge is 0.255 e. The van der Waals surface area contributed by atoms with E-state index in [0.29, 0.717) is 11.3 Å². The summed E-state index contributed by atoms with van der Waals surface area (Å²) in [4.78, 5) is 17.3. The summed E-state index contributed by atoms with van der Waals surface area (Å²) in [6.07, 6.45) is 0. The van der Waals surface area contributed by atoms with Gasteiger partial charge in [-0.25, -0.2) is 9.37 Å². The van der Waals surface area contributed by atoms with Crippen molar-refractivity contribution < 1.29 is 9.18 Å². The molecule has 0 radical (unpaired) electrons. The number of hydrogen-bond donors (Lipinski definition) is 2. The van der Waals surface area contributed by atoms with Crippen molar-refractivity contribution in [2.24, 2.45) is 0 Å². The molecule has 5 rings (SSSR count). The molecule has 166 valence electrons. The highest BCUT2D eigenvalue weighted by atomic mass is 32.1. The second kappa shape index (κ2) is 9.68. The van der Waals surface area contributed by atoms with E-state index in [1.54, 1.807) is 12.1 Å². The molecule has 2 N–H and O–H groups in total. The Labute approximate surface area is 200 Å². The predicted octanol–water partition coefficient (Wildman–Crippen LogP) is 7.61. The molecule has 34 heavy (non-hydrogen) atoms. The zero-order valence-electron chi connectivity index (χ0n) is 18.0. The van der Waals surface area contributed by atoms with Gasteiger partial charge in [-0.15, -0.1) is 11.3 Å². The Hall–Kier alpha value is -4.29. The van der Waals surface area contributed by atoms with E-state index in [9.17, 15) is 9.18 Å². The number of hydrogen-bond acceptors (Lipinski definition) is 4. The molecule has 0 saturated heterocycles. The van der Waals surface area contributed by atoms with Gasteiger partial charge in [-0.05, 0) is 59.7 Å². The molecule has 0 bridgehead atoms. The second-order valence-electron chi connectivity index (χ2n) is 7.64. The van der Waals surface area contributed by atoms with Crippen LogP contribution >= 0.6 is 11.3 Å². The molecule has 0 atom stereocenters. The van der Waals surface area contributed by atoms with Gasteiger partial charge in [0.05, 0.1) is 5.69 Å². The zero-order valence-corrected chi connectivity index (χ0v) is 18.9. The lowest BCUT2D eigenvalue weighted by Crippen LogP contribution is -2.11. The number of thiazole rings is 1. The van der Waals surface area contributed by atoms with E-state index in [0.717, 1.165) is 33.2 Å². The summed E-state index contributed by atoms with van der Waals surface area (Å²) in [5, 5.41) is 8.79. The topological polar surface area (TPSA) is 54.0 Å². The van der Waals surface area contributed by atoms with E-state index < -0.39 is 0 Å². The molecule has 0 aliphatic rings. The number of carbonyl (C=O) groups is 1. The van der Waals surface area contributed by atoms with Gasteiger partial charge in [-0.2, -0.15) is 0 Å². The first kappa shape index (κ1) is 21.6. The Bertz CT molecular complexity index is 1400. The van der Waals surface area contributed by atoms with Crippen molar-refractivity contribution in [1.29, 1.82) is 0 Å². The van der Waals surface area contributed by atoms with Crippen molar-refractivity contribution in [3.05, 3.63) is 120 Å². The van der Waals surface area contributed by atoms with Crippen LogP contribution in [0.5, 0.6) is 0 Å². The standard InChI is InChI=1S/C28H20FN3OS/c29-23-12-16-25(17-13-23)31-28-32-26(18-34-28)21-10-14-24(15-11-21)30-27(33)22-8-6-20(7-9-22)19-4-2-1-3-5-19/h1-18H,(H,30,33)(H,31,32). The van der Waals surface area contributed by atoms with Crippen molar-refractivity contribution in [1.82, 2.24) is 4.98 Å². The number of carbonyl (C=O) groups excluding carboxylic acids is 1. The minimum absolute atomic E-state index is 0.160. The van der Waals surface area contributed by atoms with E-state index in [1.807, 2.05) is 84.2 Å². The summed E-state index contributed by atoms with van der Waals surface area (Å²) in [5.74, 6) is -0.437. The van der Waals surface area contributed by atoms with Crippen LogP contribution in [0.15, 0.2) is 109 Å². The number of aromatic nitrogens is 1. The van der Waals surface area contributed by atoms with Crippen LogP contribution in [0.2, 0.25) is 0 Å². The highest BCUT2D eigenvalue weighted by Crippen LogP contribution is 2.28. The molecular formula is C28H20FN3OS. The summed E-state index contributed by atoms with van der Waals surface area (Å²) in [7, 11) is 0. The molecule has 0 fully saturated rings. The van der Waals surface area contributed by atoms with E-state index in [-0.39, 0.29) is 11.7 Å². The van der Waals surface area contributed by atoms with E-state index in [1.165, 1.54) is 23.5 Å². The minimum atomic E-state index is -0.276. The Morgan fingerprint density at radius 1 is 0.706 bits per heavy atom. The van der Waals surface area contributed by atoms with Crippen LogP contribution in [0, 0.1) is 5.82 Å². The van der Waals surface area contributed by atoms with Crippen LogP contribution in [0.3, 0.4) is 0 Å². The first-order valence-electron chi connectivity index (χ1n) is 10.7. The van der Waals surface area contributed by atoms with Gasteiger partial charge in [0.2, 0.25) is 0 Å². The monoisotopic (exact) mass is 465 g/mol. The Morgan fingerprint density at radius 3 is 2.03 bits per heavy atom. The summed E-state index contributed by atoms with van der Waals surface area (Å²) >= 11 is 1.47. The van der Waals surface area contributed by atoms with Gasteiger partial charge >= 0.3 is 0 Å². The highest BCUT2D eigenvalue weighted by molar-refractivity contribution is 7.14. The molecule has 1 amide bonds. The third-order valence-electron chi connectivity index (χ3n) is 5.29. The first-order chi connectivity index (χ1) is 16.6. The van der Waals surface area contributed by atoms with Crippen LogP contribution in [-0.2, 0) is 0 Å². The molecule has 1 aromatic heterocycles. The van der Waals surface area contributed by atoms with Gasteiger partial charge in [-0.3, -0.25) is 4.79 Å². The number of amides is 1. The fourth-order valence-corrected chi connectivity index (χ4v) is 4.23. The zero-order chi connectivity index (χ0) is 23.3. The number of rotatable bonds is 6. The molecule has 0 aliphatic heterocycles. The summed E-state index contributed by atoms with van der Waals surface area (Å²) < 4.78 is 13.1. The van der Waals surface area contributed by atoms with E-state index in [4.69, 9.17) is 0 Å². The third kappa shape index (κ3) is 5.03. The fourth-order valence-electron chi connectivity index (χ4n) is 3.49. The van der Waals surface area contributed by atoms with Crippen molar-refractivity contribution in [2.75, 3.05) is 10.6 Å². The maximum atomic E-state index is 13.1. The number of halogens is 1. The molecule has 6 heteroatoms. The van der Waals surface area contributed by atoms with Gasteiger partial charge < -0.3 is 10.6 Å². The SMILES string of the molecule is O=C(Nc1ccc(-c2csc(Nc3ccc(F)cc3)n2)cc1)c1ccc(-c2ccccc2)cc1. The second-order valence-corrected chi connectivity index (χ2v) is 8.50. The summed E-state index contributed by atoms with van der Waals surface area (Å²) in [5.41, 5.74) is 6.02. The molecule has 5 aromatic rings. The molecule has 4 aromatic carbocycles. The molecule has 1 heterocycles. The first-order valence-corrected chi connectivity index (χ1v) is 11.6. The number of anilines is 3. The minimum Gasteiger partial charge on any atom is -0.332 e. The number of nitrogens with zero attached hydrogens (tertiary/aromatic N) is 1. The maximum Gasteiger partial charge on any atom is 0.255 e. The van der Waals surface area contributed by atoms with Gasteiger partial charge in [0, 0.05) is 27.9 Å². The van der Waals surface area contributed by atoms with Crippen molar-refractivity contribution in [3.8, 4) is 22.4 Å². The average molecular weight is 466 g/mol. The van der Waals surface area contributed by atoms with Crippen LogP contribution in [0.1, 0.15) is 10.4 Å². The quantitative estimate of drug-likeness (QED) is 0.271. The molecule has 0 saturated carbocycles. The summed E-state index contributed by atoms with van der Waals surface area (Å²) in [6.45, 7) is 0. The number of benzene rings is 4. The van der Waals surface area contributed by atoms with Crippen molar-refractivity contribution >= 4 is 33.8 Å². The van der Waals surface area contributed by atoms with E-state index in [2.05, 4.69) is 15.6 Å². The number of nitrogens with one attached hydrogen (secondary N) is 2. The average Bonchev–Trinajstić information content (AvgIpc) is 3.35. The summed E-state index contributed by atoms with van der Waals surface area (Å²) in [6, 6.07) is 31.3. The Kier molecular flexibility index (Phi) is 6.14. The Morgan fingerprint density at radius 2 is 1.32 bits per heavy atom. The normalized spacial score (nSPS) is 10.6. The predicted molar refractivity (Wildman–Crippen MR) is 137 cm³/mol. The van der Waals surface area contributed by atoms with Crippen LogP contribution < -0.4 is 10.6 Å². The van der Waals surface area contributed by atoms with Crippen LogP contribution in [-0.4, -0.2) is 10.9 Å². The third-order valence-corrected chi connectivity index (χ3v) is 6.05. The van der Waals surface area contributed by atoms with Gasteiger partial charge in [0.25, 0.3) is 5.91 Å². The molecular weight excluding hydrogens is 445 g/mol. The molecule has 0 unspecified atom stereocenters. The van der Waals surface area contributed by atoms with Crippen molar-refractivity contribution in [3.63, 3.8) is 0 Å². The van der Waals surface area contributed by atoms with Crippen LogP contribution in [0.4, 0.5) is 20.9 Å². The van der Waals surface area contributed by atoms with E-state index >= 15 is 0 Å². The highest BCUT2D eigenvalue weighted by Gasteiger charge is 2.09. The lowest BCUT2D eigenvalue weighted by Gasteiger charge is -2.07. The van der Waals surface area contributed by atoms with Gasteiger partial charge in [0.1, 0.15) is 5.82 Å². The fraction of sp³-hybridized carbons (Fsp3) is 0. The maximum absolute atomic E-state index is 13.1. The molecule has 0 aliphatic carbocycles. The van der Waals surface area contributed by atoms with Crippen LogP contribution in [0.25, 0.3) is 22.4 Å². The van der Waals surface area contributed by atoms with Crippen molar-refractivity contribution in [2.45, 2.75) is 0 Å². The van der Waals surface area contributed by atoms with Gasteiger partial charge in [0.15, 0.2) is 5.13 Å². The lowest BCUT2D eigenvalue weighted by atomic mass is 10.0. The molecule has 0 spiro atoms. The Balaban J connectivity index is 1.22.